The van der Waals surface area contributed by atoms with Crippen LogP contribution in [0, 0.1) is 13.2 Å². The summed E-state index contributed by atoms with van der Waals surface area (Å²) in [4.78, 5) is 28.6. The van der Waals surface area contributed by atoms with E-state index in [4.69, 9.17) is 22.8 Å². The highest BCUT2D eigenvalue weighted by atomic mass is 16.1. The first-order valence-electron chi connectivity index (χ1n) is 24.9. The van der Waals surface area contributed by atoms with Crippen LogP contribution in [0.1, 0.15) is 23.6 Å². The van der Waals surface area contributed by atoms with Crippen molar-refractivity contribution in [1.82, 2.24) is 33.2 Å². The smallest absolute Gasteiger partial charge is 0.291 e. The molecule has 0 bridgehead atoms. The molecule has 0 aliphatic rings. The van der Waals surface area contributed by atoms with Crippen LogP contribution in [-0.2, 0) is 0 Å². The van der Waals surface area contributed by atoms with Crippen molar-refractivity contribution >= 4 is 33.1 Å². The van der Waals surface area contributed by atoms with E-state index < -0.39 is 73.0 Å². The van der Waals surface area contributed by atoms with E-state index in [-0.39, 0.29) is 50.9 Å². The second-order valence-electron chi connectivity index (χ2n) is 13.4. The molecule has 0 aliphatic heterocycles. The van der Waals surface area contributed by atoms with Crippen LogP contribution >= 0.6 is 0 Å². The maximum atomic E-state index is 14.4. The summed E-state index contributed by atoms with van der Waals surface area (Å²) < 4.78 is 120. The Morgan fingerprint density at radius 1 is 0.593 bits per heavy atom. The summed E-state index contributed by atoms with van der Waals surface area (Å²) in [6, 6.07) is 28.1. The van der Waals surface area contributed by atoms with Crippen molar-refractivity contribution in [1.29, 1.82) is 0 Å². The number of hydrogen-bond donors (Lipinski definition) is 0. The number of para-hydroxylation sites is 4. The predicted octanol–water partition coefficient (Wildman–Crippen LogP) is 9.57. The first-order chi connectivity index (χ1) is 34.5. The van der Waals surface area contributed by atoms with Crippen LogP contribution in [-0.4, -0.2) is 33.2 Å². The number of aromatic nitrogens is 8. The molecule has 0 saturated carbocycles. The Labute approximate surface area is 356 Å². The van der Waals surface area contributed by atoms with Crippen LogP contribution in [0.5, 0.6) is 0 Å². The molecule has 5 aromatic heterocycles. The van der Waals surface area contributed by atoms with Crippen LogP contribution in [0.25, 0.3) is 84.2 Å². The molecule has 59 heavy (non-hydrogen) atoms. The summed E-state index contributed by atoms with van der Waals surface area (Å²) in [6.07, 6.45) is 4.88. The summed E-state index contributed by atoms with van der Waals surface area (Å²) in [5.41, 5.74) is 2.18. The number of nitrogens with zero attached hydrogens (tertiary/aromatic N) is 8. The van der Waals surface area contributed by atoms with Crippen molar-refractivity contribution in [2.75, 3.05) is 0 Å². The molecule has 0 atom stereocenters. The molecule has 11 rings (SSSR count). The highest BCUT2D eigenvalue weighted by Gasteiger charge is 2.23. The normalized spacial score (nSPS) is 14.9. The number of aryl methyl sites for hydroxylation is 1. The van der Waals surface area contributed by atoms with E-state index in [2.05, 4.69) is 16.3 Å². The Hall–Kier alpha value is -8.17. The molecule has 0 amide bonds. The maximum Gasteiger partial charge on any atom is 0.339 e. The van der Waals surface area contributed by atoms with Gasteiger partial charge >= 0.3 is 5.69 Å². The lowest BCUT2D eigenvalue weighted by molar-refractivity contribution is -0.571. The van der Waals surface area contributed by atoms with Crippen LogP contribution in [0.2, 0.25) is 0 Å². The number of imidazole rings is 3. The highest BCUT2D eigenvalue weighted by Crippen LogP contribution is 2.35. The minimum Gasteiger partial charge on any atom is -0.291 e. The van der Waals surface area contributed by atoms with Crippen molar-refractivity contribution < 1.29 is 22.4 Å². The largest absolute Gasteiger partial charge is 0.339 e. The molecule has 0 N–H and O–H groups in total. The molecule has 0 spiro atoms. The number of hydrogen-bond acceptors (Lipinski definition) is 4. The fourth-order valence-corrected chi connectivity index (χ4v) is 7.55. The molecule has 9 heteroatoms. The first kappa shape index (κ1) is 23.2. The van der Waals surface area contributed by atoms with Gasteiger partial charge in [-0.2, -0.15) is 0 Å². The maximum absolute atomic E-state index is 14.4. The van der Waals surface area contributed by atoms with Gasteiger partial charge in [0.25, 0.3) is 6.33 Å². The zero-order valence-electron chi connectivity index (χ0n) is 43.6. The lowest BCUT2D eigenvalue weighted by atomic mass is 9.95. The molecule has 9 nitrogen and oxygen atoms in total. The van der Waals surface area contributed by atoms with Crippen LogP contribution in [0.3, 0.4) is 0 Å². The molecule has 0 fully saturated rings. The average Bonchev–Trinajstić information content (AvgIpc) is 4.05. The van der Waals surface area contributed by atoms with Crippen molar-refractivity contribution in [3.05, 3.63) is 211 Å². The average molecular weight is 776 g/mol. The fourth-order valence-electron chi connectivity index (χ4n) is 7.55. The van der Waals surface area contributed by atoms with Crippen molar-refractivity contribution in [3.63, 3.8) is 0 Å². The zero-order chi connectivity index (χ0) is 50.7. The summed E-state index contributed by atoms with van der Waals surface area (Å²) in [5.74, 6) is 0.328. The van der Waals surface area contributed by atoms with Gasteiger partial charge in [-0.15, -0.1) is 0 Å². The van der Waals surface area contributed by atoms with Gasteiger partial charge in [-0.1, -0.05) is 133 Å². The van der Waals surface area contributed by atoms with Gasteiger partial charge in [0.05, 0.1) is 58.2 Å². The third kappa shape index (κ3) is 5.59. The Bertz CT molecular complexity index is 3980. The van der Waals surface area contributed by atoms with Crippen molar-refractivity contribution in [3.8, 4) is 51.1 Å². The molecule has 0 aliphatic carbocycles. The van der Waals surface area contributed by atoms with Gasteiger partial charge < -0.3 is 0 Å². The minimum absolute atomic E-state index is 0.0611. The second kappa shape index (κ2) is 13.8. The molecule has 0 saturated heterocycles. The summed E-state index contributed by atoms with van der Waals surface area (Å²) in [7, 11) is 0. The minimum atomic E-state index is -2.78. The Kier molecular flexibility index (Phi) is 5.41. The highest BCUT2D eigenvalue weighted by molar-refractivity contribution is 5.94. The van der Waals surface area contributed by atoms with E-state index in [0.29, 0.717) is 39.1 Å². The van der Waals surface area contributed by atoms with Crippen LogP contribution < -0.4 is 10.3 Å². The van der Waals surface area contributed by atoms with Gasteiger partial charge in [0.2, 0.25) is 0 Å². The van der Waals surface area contributed by atoms with Crippen molar-refractivity contribution in [2.45, 2.75) is 6.85 Å². The van der Waals surface area contributed by atoms with E-state index in [9.17, 15) is 4.79 Å². The number of pyridine rings is 2. The number of rotatable bonds is 7. The van der Waals surface area contributed by atoms with Crippen LogP contribution in [0.15, 0.2) is 193 Å². The summed E-state index contributed by atoms with van der Waals surface area (Å²) in [5, 5.41) is 0. The van der Waals surface area contributed by atoms with E-state index in [1.807, 2.05) is 6.07 Å². The van der Waals surface area contributed by atoms with E-state index in [1.54, 1.807) is 108 Å². The molecule has 6 aromatic carbocycles. The molecule has 280 valence electrons. The zero-order valence-corrected chi connectivity index (χ0v) is 30.6. The third-order valence-electron chi connectivity index (χ3n) is 10.0. The molecular weight excluding hydrogens is 729 g/mol. The Morgan fingerprint density at radius 3 is 1.98 bits per heavy atom. The lowest BCUT2D eigenvalue weighted by Crippen LogP contribution is -2.31. The Balaban J connectivity index is 1.18. The number of fused-ring (bicyclic) bond motifs is 3. The van der Waals surface area contributed by atoms with Gasteiger partial charge in [0, 0.05) is 10.3 Å². The summed E-state index contributed by atoms with van der Waals surface area (Å²) in [6.45, 7) is -2.78. The SMILES string of the molecule is [2H]c1c([2H])c([2H])c(-c2cccc(-c3c([2H])c([2H])c([2H])c([2H])c3[2H])c2-[n+]2[c-]n(-c3cccc(-n4c(C([2H])([2H])[2H])nc5cc6c(cc54)n(-c4ccccn4)c(=O)n6-c4ccccc4)n3)c3ccccc32)c([2H])c1[2H]. The standard InChI is InChI=1S/C50H34N8O/c1-34-52-40-31-44-45(58(46-27-13-14-30-51-46)50(59)57(44)37-21-9-4-10-22-37)32-43(40)56(34)48-29-16-28-47(53-48)54-33-55(42-26-12-11-25-41(42)54)49-38(35-17-5-2-6-18-35)23-15-24-39(49)36-19-7-3-8-20-36/h2-32H,1H3/i1D3,2D,3D,5D,6D,7D,8D,17D,18D,19D,20D. The van der Waals surface area contributed by atoms with E-state index in [0.717, 1.165) is 0 Å². The second-order valence-corrected chi connectivity index (χ2v) is 13.4. The topological polar surface area (TPSA) is 79.3 Å². The van der Waals surface area contributed by atoms with E-state index in [1.165, 1.54) is 36.5 Å². The fraction of sp³-hybridized carbons (Fsp3) is 0.0200. The van der Waals surface area contributed by atoms with Gasteiger partial charge in [-0.25, -0.2) is 24.3 Å². The predicted molar refractivity (Wildman–Crippen MR) is 232 cm³/mol. The molecule has 0 radical (unpaired) electrons. The molecule has 5 heterocycles. The first-order valence-corrected chi connectivity index (χ1v) is 18.4. The monoisotopic (exact) mass is 775 g/mol. The lowest BCUT2D eigenvalue weighted by Gasteiger charge is -2.17. The van der Waals surface area contributed by atoms with Gasteiger partial charge in [-0.05, 0) is 77.6 Å². The summed E-state index contributed by atoms with van der Waals surface area (Å²) >= 11 is 0. The molecule has 11 aromatic rings. The third-order valence-corrected chi connectivity index (χ3v) is 10.0. The van der Waals surface area contributed by atoms with Gasteiger partial charge in [-0.3, -0.25) is 18.3 Å². The quantitative estimate of drug-likeness (QED) is 0.119. The van der Waals surface area contributed by atoms with Gasteiger partial charge in [0.15, 0.2) is 5.82 Å². The molecular formula is C50H34N8O. The van der Waals surface area contributed by atoms with Gasteiger partial charge in [0.1, 0.15) is 17.5 Å². The number of benzene rings is 6. The van der Waals surface area contributed by atoms with Crippen LogP contribution in [0.4, 0.5) is 0 Å². The van der Waals surface area contributed by atoms with E-state index >= 15 is 0 Å². The van der Waals surface area contributed by atoms with Crippen molar-refractivity contribution in [2.24, 2.45) is 0 Å². The molecule has 0 unspecified atom stereocenters. The Morgan fingerprint density at radius 2 is 1.25 bits per heavy atom.